The van der Waals surface area contributed by atoms with Crippen LogP contribution in [-0.2, 0) is 6.54 Å². The standard InChI is InChI=1S/C13H19FN2S/c1-9-7-16(8-10(2)17-9)13-4-3-11(6-15)5-12(13)14/h3-5,9-10H,6-8,15H2,1-2H3. The first kappa shape index (κ1) is 12.7. The van der Waals surface area contributed by atoms with Crippen LogP contribution in [0.1, 0.15) is 19.4 Å². The Morgan fingerprint density at radius 3 is 2.53 bits per heavy atom. The lowest BCUT2D eigenvalue weighted by molar-refractivity contribution is 0.609. The van der Waals surface area contributed by atoms with Crippen LogP contribution in [0.25, 0.3) is 0 Å². The highest BCUT2D eigenvalue weighted by molar-refractivity contribution is 8.00. The molecule has 2 unspecified atom stereocenters. The van der Waals surface area contributed by atoms with Crippen molar-refractivity contribution in [2.75, 3.05) is 18.0 Å². The van der Waals surface area contributed by atoms with Gasteiger partial charge in [-0.1, -0.05) is 19.9 Å². The third kappa shape index (κ3) is 2.93. The van der Waals surface area contributed by atoms with E-state index in [1.165, 1.54) is 0 Å². The van der Waals surface area contributed by atoms with Gasteiger partial charge in [-0.3, -0.25) is 0 Å². The van der Waals surface area contributed by atoms with E-state index in [0.29, 0.717) is 22.7 Å². The van der Waals surface area contributed by atoms with Gasteiger partial charge in [0.25, 0.3) is 0 Å². The highest BCUT2D eigenvalue weighted by atomic mass is 32.2. The summed E-state index contributed by atoms with van der Waals surface area (Å²) in [6.45, 7) is 6.60. The fourth-order valence-electron chi connectivity index (χ4n) is 2.31. The number of nitrogens with zero attached hydrogens (tertiary/aromatic N) is 1. The molecule has 0 saturated carbocycles. The maximum absolute atomic E-state index is 14.0. The van der Waals surface area contributed by atoms with Crippen molar-refractivity contribution in [3.05, 3.63) is 29.6 Å². The van der Waals surface area contributed by atoms with Gasteiger partial charge in [0.1, 0.15) is 5.82 Å². The molecule has 2 nitrogen and oxygen atoms in total. The van der Waals surface area contributed by atoms with Crippen LogP contribution in [-0.4, -0.2) is 23.6 Å². The predicted octanol–water partition coefficient (Wildman–Crippen LogP) is 2.61. The normalized spacial score (nSPS) is 25.1. The van der Waals surface area contributed by atoms with Crippen LogP contribution in [0.3, 0.4) is 0 Å². The summed E-state index contributed by atoms with van der Waals surface area (Å²) in [6, 6.07) is 5.31. The third-order valence-corrected chi connectivity index (χ3v) is 4.24. The van der Waals surface area contributed by atoms with Gasteiger partial charge in [0.15, 0.2) is 0 Å². The van der Waals surface area contributed by atoms with Gasteiger partial charge >= 0.3 is 0 Å². The lowest BCUT2D eigenvalue weighted by atomic mass is 10.1. The molecule has 0 aliphatic carbocycles. The number of benzene rings is 1. The van der Waals surface area contributed by atoms with Gasteiger partial charge in [-0.25, -0.2) is 4.39 Å². The van der Waals surface area contributed by atoms with E-state index in [-0.39, 0.29) is 5.82 Å². The molecule has 0 radical (unpaired) electrons. The van der Waals surface area contributed by atoms with Crippen molar-refractivity contribution >= 4 is 17.4 Å². The van der Waals surface area contributed by atoms with Crippen molar-refractivity contribution in [3.63, 3.8) is 0 Å². The molecule has 1 aromatic rings. The van der Waals surface area contributed by atoms with E-state index in [0.717, 1.165) is 18.7 Å². The molecule has 0 amide bonds. The molecule has 2 N–H and O–H groups in total. The Labute approximate surface area is 106 Å². The Hall–Kier alpha value is -0.740. The number of anilines is 1. The second-order valence-corrected chi connectivity index (χ2v) is 6.53. The minimum Gasteiger partial charge on any atom is -0.367 e. The largest absolute Gasteiger partial charge is 0.367 e. The Balaban J connectivity index is 2.21. The Morgan fingerprint density at radius 2 is 2.00 bits per heavy atom. The molecule has 94 valence electrons. The lowest BCUT2D eigenvalue weighted by Crippen LogP contribution is -2.40. The highest BCUT2D eigenvalue weighted by Gasteiger charge is 2.24. The van der Waals surface area contributed by atoms with Gasteiger partial charge in [0.05, 0.1) is 5.69 Å². The van der Waals surface area contributed by atoms with Crippen LogP contribution in [0, 0.1) is 5.82 Å². The fraction of sp³-hybridized carbons (Fsp3) is 0.538. The van der Waals surface area contributed by atoms with Crippen molar-refractivity contribution in [1.82, 2.24) is 0 Å². The number of thioether (sulfide) groups is 1. The van der Waals surface area contributed by atoms with Crippen molar-refractivity contribution in [2.45, 2.75) is 30.9 Å². The third-order valence-electron chi connectivity index (χ3n) is 3.01. The maximum Gasteiger partial charge on any atom is 0.146 e. The number of rotatable bonds is 2. The molecule has 0 spiro atoms. The summed E-state index contributed by atoms with van der Waals surface area (Å²) in [5.41, 5.74) is 7.06. The van der Waals surface area contributed by atoms with E-state index >= 15 is 0 Å². The molecule has 4 heteroatoms. The monoisotopic (exact) mass is 254 g/mol. The average Bonchev–Trinajstić information content (AvgIpc) is 2.27. The van der Waals surface area contributed by atoms with Crippen molar-refractivity contribution in [1.29, 1.82) is 0 Å². The predicted molar refractivity (Wildman–Crippen MR) is 73.0 cm³/mol. The van der Waals surface area contributed by atoms with Crippen LogP contribution in [0.15, 0.2) is 18.2 Å². The van der Waals surface area contributed by atoms with Crippen molar-refractivity contribution in [2.24, 2.45) is 5.73 Å². The van der Waals surface area contributed by atoms with E-state index in [9.17, 15) is 4.39 Å². The summed E-state index contributed by atoms with van der Waals surface area (Å²) in [6.07, 6.45) is 0. The zero-order valence-electron chi connectivity index (χ0n) is 10.3. The Morgan fingerprint density at radius 1 is 1.35 bits per heavy atom. The zero-order valence-corrected chi connectivity index (χ0v) is 11.1. The first-order chi connectivity index (χ1) is 8.10. The first-order valence-corrected chi connectivity index (χ1v) is 6.93. The van der Waals surface area contributed by atoms with Gasteiger partial charge in [0, 0.05) is 30.1 Å². The van der Waals surface area contributed by atoms with Crippen molar-refractivity contribution in [3.8, 4) is 0 Å². The fourth-order valence-corrected chi connectivity index (χ4v) is 3.63. The van der Waals surface area contributed by atoms with Crippen LogP contribution < -0.4 is 10.6 Å². The molecule has 1 saturated heterocycles. The van der Waals surface area contributed by atoms with Gasteiger partial charge in [-0.15, -0.1) is 0 Å². The van der Waals surface area contributed by atoms with Gasteiger partial charge in [-0.05, 0) is 17.7 Å². The lowest BCUT2D eigenvalue weighted by Gasteiger charge is -2.36. The number of hydrogen-bond acceptors (Lipinski definition) is 3. The molecular formula is C13H19FN2S. The van der Waals surface area contributed by atoms with Gasteiger partial charge in [0.2, 0.25) is 0 Å². The minimum absolute atomic E-state index is 0.153. The van der Waals surface area contributed by atoms with E-state index in [1.807, 2.05) is 23.9 Å². The molecule has 17 heavy (non-hydrogen) atoms. The Bertz CT molecular complexity index is 387. The summed E-state index contributed by atoms with van der Waals surface area (Å²) >= 11 is 1.97. The molecule has 1 fully saturated rings. The van der Waals surface area contributed by atoms with Crippen LogP contribution >= 0.6 is 11.8 Å². The number of nitrogens with two attached hydrogens (primary N) is 1. The van der Waals surface area contributed by atoms with E-state index in [2.05, 4.69) is 18.7 Å². The topological polar surface area (TPSA) is 29.3 Å². The second kappa shape index (κ2) is 5.27. The molecule has 1 aromatic carbocycles. The summed E-state index contributed by atoms with van der Waals surface area (Å²) in [5, 5.41) is 1.10. The summed E-state index contributed by atoms with van der Waals surface area (Å²) in [5.74, 6) is -0.153. The molecule has 2 atom stereocenters. The summed E-state index contributed by atoms with van der Waals surface area (Å²) in [7, 11) is 0. The quantitative estimate of drug-likeness (QED) is 0.879. The number of halogens is 1. The molecule has 1 aliphatic rings. The summed E-state index contributed by atoms with van der Waals surface area (Å²) in [4.78, 5) is 2.14. The zero-order chi connectivity index (χ0) is 12.4. The van der Waals surface area contributed by atoms with Gasteiger partial charge < -0.3 is 10.6 Å². The molecule has 0 bridgehead atoms. The molecule has 2 rings (SSSR count). The van der Waals surface area contributed by atoms with Crippen LogP contribution in [0.4, 0.5) is 10.1 Å². The van der Waals surface area contributed by atoms with E-state index in [4.69, 9.17) is 5.73 Å². The van der Waals surface area contributed by atoms with Crippen LogP contribution in [0.5, 0.6) is 0 Å². The van der Waals surface area contributed by atoms with Crippen LogP contribution in [0.2, 0.25) is 0 Å². The average molecular weight is 254 g/mol. The number of hydrogen-bond donors (Lipinski definition) is 1. The van der Waals surface area contributed by atoms with Crippen molar-refractivity contribution < 1.29 is 4.39 Å². The first-order valence-electron chi connectivity index (χ1n) is 5.99. The van der Waals surface area contributed by atoms with E-state index < -0.39 is 0 Å². The van der Waals surface area contributed by atoms with E-state index in [1.54, 1.807) is 6.07 Å². The SMILES string of the molecule is CC1CN(c2ccc(CN)cc2F)CC(C)S1. The minimum atomic E-state index is -0.153. The summed E-state index contributed by atoms with van der Waals surface area (Å²) < 4.78 is 14.0. The second-order valence-electron chi connectivity index (χ2n) is 4.65. The highest BCUT2D eigenvalue weighted by Crippen LogP contribution is 2.30. The molecule has 0 aromatic heterocycles. The molecular weight excluding hydrogens is 235 g/mol. The molecule has 1 heterocycles. The maximum atomic E-state index is 14.0. The Kier molecular flexibility index (Phi) is 3.94. The van der Waals surface area contributed by atoms with Gasteiger partial charge in [-0.2, -0.15) is 11.8 Å². The molecule has 1 aliphatic heterocycles. The smallest absolute Gasteiger partial charge is 0.146 e.